The quantitative estimate of drug-likeness (QED) is 0.824. The van der Waals surface area contributed by atoms with Crippen LogP contribution in [0.5, 0.6) is 0 Å². The van der Waals surface area contributed by atoms with E-state index in [1.165, 1.54) is 6.07 Å². The van der Waals surface area contributed by atoms with E-state index in [0.717, 1.165) is 37.9 Å². The monoisotopic (exact) mass is 275 g/mol. The highest BCUT2D eigenvalue weighted by molar-refractivity contribution is 5.29. The first kappa shape index (κ1) is 14.3. The van der Waals surface area contributed by atoms with Crippen LogP contribution in [0.2, 0.25) is 0 Å². The van der Waals surface area contributed by atoms with Gasteiger partial charge in [0.1, 0.15) is 5.82 Å². The second-order valence-corrected chi connectivity index (χ2v) is 5.09. The van der Waals surface area contributed by atoms with Crippen molar-refractivity contribution < 1.29 is 17.6 Å². The molecule has 0 radical (unpaired) electrons. The molecule has 0 spiro atoms. The van der Waals surface area contributed by atoms with Gasteiger partial charge in [0.25, 0.3) is 0 Å². The van der Waals surface area contributed by atoms with Crippen LogP contribution >= 0.6 is 0 Å². The van der Waals surface area contributed by atoms with Gasteiger partial charge < -0.3 is 5.32 Å². The van der Waals surface area contributed by atoms with Gasteiger partial charge >= 0.3 is 6.18 Å². The van der Waals surface area contributed by atoms with Crippen LogP contribution in [0.4, 0.5) is 17.6 Å². The lowest BCUT2D eigenvalue weighted by Crippen LogP contribution is -2.21. The summed E-state index contributed by atoms with van der Waals surface area (Å²) in [6.07, 6.45) is -1.63. The third-order valence-corrected chi connectivity index (χ3v) is 3.85. The zero-order valence-electron chi connectivity index (χ0n) is 10.7. The van der Waals surface area contributed by atoms with Crippen LogP contribution in [0, 0.1) is 11.7 Å². The minimum Gasteiger partial charge on any atom is -0.319 e. The Bertz CT molecular complexity index is 442. The number of hydrogen-bond acceptors (Lipinski definition) is 1. The highest BCUT2D eigenvalue weighted by atomic mass is 19.4. The summed E-state index contributed by atoms with van der Waals surface area (Å²) in [5.41, 5.74) is -0.498. The number of nitrogens with one attached hydrogen (secondary N) is 1. The first-order chi connectivity index (χ1) is 8.93. The topological polar surface area (TPSA) is 12.0 Å². The van der Waals surface area contributed by atoms with Crippen LogP contribution in [0.1, 0.15) is 36.3 Å². The molecule has 1 aromatic carbocycles. The summed E-state index contributed by atoms with van der Waals surface area (Å²) >= 11 is 0. The minimum absolute atomic E-state index is 0.157. The van der Waals surface area contributed by atoms with Crippen molar-refractivity contribution in [2.75, 3.05) is 13.6 Å². The van der Waals surface area contributed by atoms with Gasteiger partial charge in [0, 0.05) is 0 Å². The molecule has 106 valence electrons. The van der Waals surface area contributed by atoms with Gasteiger partial charge in [-0.05, 0) is 56.0 Å². The van der Waals surface area contributed by atoms with Gasteiger partial charge in [-0.1, -0.05) is 12.5 Å². The van der Waals surface area contributed by atoms with Crippen LogP contribution in [0.15, 0.2) is 18.2 Å². The molecule has 1 nitrogen and oxygen atoms in total. The highest BCUT2D eigenvalue weighted by Gasteiger charge is 2.35. The lowest BCUT2D eigenvalue weighted by Gasteiger charge is -2.20. The Morgan fingerprint density at radius 3 is 2.58 bits per heavy atom. The fourth-order valence-electron chi connectivity index (χ4n) is 2.97. The van der Waals surface area contributed by atoms with E-state index in [4.69, 9.17) is 0 Å². The zero-order valence-corrected chi connectivity index (χ0v) is 10.7. The predicted molar refractivity (Wildman–Crippen MR) is 65.4 cm³/mol. The number of hydrogen-bond donors (Lipinski definition) is 1. The molecule has 1 fully saturated rings. The zero-order chi connectivity index (χ0) is 14.0. The summed E-state index contributed by atoms with van der Waals surface area (Å²) in [6, 6.07) is 3.34. The van der Waals surface area contributed by atoms with E-state index in [2.05, 4.69) is 5.32 Å². The van der Waals surface area contributed by atoms with Crippen LogP contribution in [-0.2, 0) is 6.18 Å². The Kier molecular flexibility index (Phi) is 4.13. The number of benzene rings is 1. The summed E-state index contributed by atoms with van der Waals surface area (Å²) in [5, 5.41) is 3.09. The highest BCUT2D eigenvalue weighted by Crippen LogP contribution is 2.41. The maximum Gasteiger partial charge on any atom is 0.419 e. The fraction of sp³-hybridized carbons (Fsp3) is 0.571. The van der Waals surface area contributed by atoms with Gasteiger partial charge in [-0.25, -0.2) is 4.39 Å². The average molecular weight is 275 g/mol. The Labute approximate surface area is 110 Å². The van der Waals surface area contributed by atoms with Gasteiger partial charge in [-0.15, -0.1) is 0 Å². The molecule has 0 amide bonds. The van der Waals surface area contributed by atoms with Crippen LogP contribution in [0.3, 0.4) is 0 Å². The molecule has 2 unspecified atom stereocenters. The minimum atomic E-state index is -4.62. The Balaban J connectivity index is 2.24. The van der Waals surface area contributed by atoms with Gasteiger partial charge in [0.2, 0.25) is 0 Å². The molecule has 1 aromatic rings. The van der Waals surface area contributed by atoms with Gasteiger partial charge in [-0.2, -0.15) is 13.2 Å². The average Bonchev–Trinajstić information content (AvgIpc) is 2.76. The van der Waals surface area contributed by atoms with Crippen molar-refractivity contribution in [1.82, 2.24) is 5.32 Å². The van der Waals surface area contributed by atoms with Gasteiger partial charge in [0.05, 0.1) is 5.56 Å². The van der Waals surface area contributed by atoms with E-state index in [1.807, 2.05) is 7.05 Å². The molecule has 1 aliphatic carbocycles. The molecule has 0 aromatic heterocycles. The summed E-state index contributed by atoms with van der Waals surface area (Å²) in [4.78, 5) is 0. The second-order valence-electron chi connectivity index (χ2n) is 5.09. The van der Waals surface area contributed by atoms with E-state index < -0.39 is 17.6 Å². The van der Waals surface area contributed by atoms with Crippen molar-refractivity contribution >= 4 is 0 Å². The van der Waals surface area contributed by atoms with E-state index >= 15 is 0 Å². The Morgan fingerprint density at radius 1 is 1.26 bits per heavy atom. The predicted octanol–water partition coefficient (Wildman–Crippen LogP) is 3.95. The molecule has 2 rings (SSSR count). The normalized spacial score (nSPS) is 23.8. The van der Waals surface area contributed by atoms with Crippen LogP contribution in [0.25, 0.3) is 0 Å². The van der Waals surface area contributed by atoms with Crippen LogP contribution in [-0.4, -0.2) is 13.6 Å². The molecule has 5 heteroatoms. The van der Waals surface area contributed by atoms with E-state index in [0.29, 0.717) is 11.5 Å². The van der Waals surface area contributed by atoms with Crippen molar-refractivity contribution in [2.45, 2.75) is 31.4 Å². The maximum atomic E-state index is 13.6. The fourth-order valence-corrected chi connectivity index (χ4v) is 2.97. The summed E-state index contributed by atoms with van der Waals surface area (Å²) < 4.78 is 51.1. The van der Waals surface area contributed by atoms with Crippen molar-refractivity contribution in [2.24, 2.45) is 5.92 Å². The number of halogens is 4. The standard InChI is InChI=1S/C14H17F4N/c1-19-8-10-3-2-4-11(10)9-5-6-12(13(15)7-9)14(16,17)18/h5-7,10-11,19H,2-4,8H2,1H3. The molecule has 0 bridgehead atoms. The number of alkyl halides is 3. The van der Waals surface area contributed by atoms with Crippen molar-refractivity contribution in [3.8, 4) is 0 Å². The second kappa shape index (κ2) is 5.49. The number of rotatable bonds is 3. The summed E-state index contributed by atoms with van der Waals surface area (Å²) in [6.45, 7) is 0.813. The first-order valence-corrected chi connectivity index (χ1v) is 6.44. The third-order valence-electron chi connectivity index (χ3n) is 3.85. The van der Waals surface area contributed by atoms with Crippen LogP contribution < -0.4 is 5.32 Å². The molecule has 2 atom stereocenters. The molecule has 0 aliphatic heterocycles. The van der Waals surface area contributed by atoms with Gasteiger partial charge in [-0.3, -0.25) is 0 Å². The first-order valence-electron chi connectivity index (χ1n) is 6.44. The Hall–Kier alpha value is -1.10. The molecule has 1 saturated carbocycles. The molecule has 0 heterocycles. The van der Waals surface area contributed by atoms with E-state index in [9.17, 15) is 17.6 Å². The van der Waals surface area contributed by atoms with Gasteiger partial charge in [0.15, 0.2) is 0 Å². The SMILES string of the molecule is CNCC1CCCC1c1ccc(C(F)(F)F)c(F)c1. The summed E-state index contributed by atoms with van der Waals surface area (Å²) in [7, 11) is 1.85. The smallest absolute Gasteiger partial charge is 0.319 e. The molecule has 0 saturated heterocycles. The molecular weight excluding hydrogens is 258 g/mol. The largest absolute Gasteiger partial charge is 0.419 e. The van der Waals surface area contributed by atoms with E-state index in [-0.39, 0.29) is 5.92 Å². The lowest BCUT2D eigenvalue weighted by atomic mass is 9.88. The molecule has 1 N–H and O–H groups in total. The maximum absolute atomic E-state index is 13.6. The lowest BCUT2D eigenvalue weighted by molar-refractivity contribution is -0.140. The van der Waals surface area contributed by atoms with E-state index in [1.54, 1.807) is 0 Å². The molecule has 19 heavy (non-hydrogen) atoms. The molecule has 1 aliphatic rings. The Morgan fingerprint density at radius 2 is 2.00 bits per heavy atom. The van der Waals surface area contributed by atoms with Crippen molar-refractivity contribution in [3.05, 3.63) is 35.1 Å². The summed E-state index contributed by atoms with van der Waals surface area (Å²) in [5.74, 6) is -0.634. The third kappa shape index (κ3) is 3.08. The van der Waals surface area contributed by atoms with Crippen molar-refractivity contribution in [3.63, 3.8) is 0 Å². The van der Waals surface area contributed by atoms with Crippen molar-refractivity contribution in [1.29, 1.82) is 0 Å². The molecular formula is C14H17F4N.